The highest BCUT2D eigenvalue weighted by Gasteiger charge is 2.15. The minimum atomic E-state index is -0.681. The van der Waals surface area contributed by atoms with Crippen molar-refractivity contribution in [2.45, 2.75) is 0 Å². The first-order valence-electron chi connectivity index (χ1n) is 6.29. The standard InChI is InChI=1S/C15H10FN3O3/c16-12-7-2-1-6-11(12)14-18-13(19-22-14)9-4-3-5-10(8-9)15(20)21-17/h1-8H,17H2. The Bertz CT molecular complexity index is 832. The van der Waals surface area contributed by atoms with E-state index in [0.717, 1.165) is 0 Å². The molecule has 110 valence electrons. The van der Waals surface area contributed by atoms with E-state index in [1.807, 2.05) is 0 Å². The van der Waals surface area contributed by atoms with Gasteiger partial charge in [-0.05, 0) is 24.3 Å². The van der Waals surface area contributed by atoms with Gasteiger partial charge in [0.2, 0.25) is 5.82 Å². The number of halogens is 1. The summed E-state index contributed by atoms with van der Waals surface area (Å²) in [6.45, 7) is 0. The van der Waals surface area contributed by atoms with E-state index in [1.54, 1.807) is 24.3 Å². The maximum Gasteiger partial charge on any atom is 0.356 e. The van der Waals surface area contributed by atoms with Gasteiger partial charge in [0.15, 0.2) is 0 Å². The van der Waals surface area contributed by atoms with Crippen molar-refractivity contribution in [1.29, 1.82) is 0 Å². The molecule has 0 atom stereocenters. The number of nitrogens with zero attached hydrogens (tertiary/aromatic N) is 2. The summed E-state index contributed by atoms with van der Waals surface area (Å²) in [5.74, 6) is 3.99. The zero-order valence-electron chi connectivity index (χ0n) is 11.2. The minimum absolute atomic E-state index is 0.0555. The highest BCUT2D eigenvalue weighted by Crippen LogP contribution is 2.24. The molecular formula is C15H10FN3O3. The van der Waals surface area contributed by atoms with Crippen LogP contribution in [0.1, 0.15) is 10.4 Å². The zero-order valence-corrected chi connectivity index (χ0v) is 11.2. The van der Waals surface area contributed by atoms with E-state index in [4.69, 9.17) is 10.4 Å². The number of rotatable bonds is 3. The second-order valence-electron chi connectivity index (χ2n) is 4.39. The molecule has 0 spiro atoms. The molecule has 3 aromatic rings. The van der Waals surface area contributed by atoms with Crippen molar-refractivity contribution in [3.05, 3.63) is 59.9 Å². The second kappa shape index (κ2) is 5.74. The Morgan fingerprint density at radius 1 is 1.18 bits per heavy atom. The Hall–Kier alpha value is -3.06. The molecule has 0 amide bonds. The lowest BCUT2D eigenvalue weighted by Gasteiger charge is -1.99. The summed E-state index contributed by atoms with van der Waals surface area (Å²) in [6, 6.07) is 12.4. The maximum absolute atomic E-state index is 13.7. The Balaban J connectivity index is 1.98. The van der Waals surface area contributed by atoms with Crippen LogP contribution in [-0.4, -0.2) is 16.1 Å². The number of hydrogen-bond acceptors (Lipinski definition) is 6. The third-order valence-corrected chi connectivity index (χ3v) is 2.99. The van der Waals surface area contributed by atoms with Gasteiger partial charge >= 0.3 is 5.97 Å². The van der Waals surface area contributed by atoms with Crippen molar-refractivity contribution in [1.82, 2.24) is 10.1 Å². The largest absolute Gasteiger partial charge is 0.370 e. The van der Waals surface area contributed by atoms with Crippen LogP contribution in [0.3, 0.4) is 0 Å². The van der Waals surface area contributed by atoms with Crippen molar-refractivity contribution in [3.63, 3.8) is 0 Å². The van der Waals surface area contributed by atoms with Crippen LogP contribution < -0.4 is 5.90 Å². The normalized spacial score (nSPS) is 10.5. The summed E-state index contributed by atoms with van der Waals surface area (Å²) >= 11 is 0. The minimum Gasteiger partial charge on any atom is -0.370 e. The van der Waals surface area contributed by atoms with Gasteiger partial charge < -0.3 is 9.36 Å². The fourth-order valence-corrected chi connectivity index (χ4v) is 1.94. The van der Waals surface area contributed by atoms with Crippen molar-refractivity contribution in [2.75, 3.05) is 0 Å². The van der Waals surface area contributed by atoms with Crippen LogP contribution in [0.5, 0.6) is 0 Å². The van der Waals surface area contributed by atoms with Crippen LogP contribution >= 0.6 is 0 Å². The molecule has 3 rings (SSSR count). The first kappa shape index (κ1) is 13.9. The lowest BCUT2D eigenvalue weighted by atomic mass is 10.1. The Morgan fingerprint density at radius 3 is 2.77 bits per heavy atom. The molecule has 6 nitrogen and oxygen atoms in total. The van der Waals surface area contributed by atoms with Gasteiger partial charge in [0.1, 0.15) is 5.82 Å². The molecule has 2 N–H and O–H groups in total. The van der Waals surface area contributed by atoms with Crippen molar-refractivity contribution >= 4 is 5.97 Å². The number of carbonyl (C=O) groups is 1. The molecule has 0 bridgehead atoms. The third kappa shape index (κ3) is 2.57. The third-order valence-electron chi connectivity index (χ3n) is 2.99. The van der Waals surface area contributed by atoms with Crippen LogP contribution in [0, 0.1) is 5.82 Å². The fourth-order valence-electron chi connectivity index (χ4n) is 1.94. The van der Waals surface area contributed by atoms with Gasteiger partial charge in [-0.25, -0.2) is 9.18 Å². The number of nitrogens with two attached hydrogens (primary N) is 1. The quantitative estimate of drug-likeness (QED) is 0.747. The molecule has 1 heterocycles. The Morgan fingerprint density at radius 2 is 2.00 bits per heavy atom. The predicted octanol–water partition coefficient (Wildman–Crippen LogP) is 2.57. The summed E-state index contributed by atoms with van der Waals surface area (Å²) in [7, 11) is 0. The molecule has 0 unspecified atom stereocenters. The zero-order chi connectivity index (χ0) is 15.5. The molecule has 0 saturated carbocycles. The number of benzene rings is 2. The molecule has 2 aromatic carbocycles. The molecular weight excluding hydrogens is 289 g/mol. The lowest BCUT2D eigenvalue weighted by molar-refractivity contribution is 0.0503. The molecule has 0 fully saturated rings. The summed E-state index contributed by atoms with van der Waals surface area (Å²) in [6.07, 6.45) is 0. The van der Waals surface area contributed by atoms with E-state index < -0.39 is 11.8 Å². The van der Waals surface area contributed by atoms with Crippen LogP contribution in [-0.2, 0) is 4.84 Å². The molecule has 1 aromatic heterocycles. The van der Waals surface area contributed by atoms with Gasteiger partial charge in [-0.2, -0.15) is 10.9 Å². The van der Waals surface area contributed by atoms with Gasteiger partial charge in [0, 0.05) is 5.56 Å². The monoisotopic (exact) mass is 299 g/mol. The molecule has 0 saturated heterocycles. The first-order chi connectivity index (χ1) is 10.7. The van der Waals surface area contributed by atoms with Crippen LogP contribution in [0.15, 0.2) is 53.1 Å². The molecule has 0 radical (unpaired) electrons. The first-order valence-corrected chi connectivity index (χ1v) is 6.29. The summed E-state index contributed by atoms with van der Waals surface area (Å²) in [5, 5.41) is 3.79. The fraction of sp³-hybridized carbons (Fsp3) is 0. The average Bonchev–Trinajstić information content (AvgIpc) is 3.04. The van der Waals surface area contributed by atoms with Crippen molar-refractivity contribution in [2.24, 2.45) is 5.90 Å². The van der Waals surface area contributed by atoms with Gasteiger partial charge in [-0.1, -0.05) is 29.4 Å². The van der Waals surface area contributed by atoms with Crippen LogP contribution in [0.4, 0.5) is 4.39 Å². The Kier molecular flexibility index (Phi) is 3.63. The average molecular weight is 299 g/mol. The highest BCUT2D eigenvalue weighted by atomic mass is 19.1. The summed E-state index contributed by atoms with van der Waals surface area (Å²) < 4.78 is 18.8. The summed E-state index contributed by atoms with van der Waals surface area (Å²) in [4.78, 5) is 19.7. The summed E-state index contributed by atoms with van der Waals surface area (Å²) in [5.41, 5.74) is 0.977. The highest BCUT2D eigenvalue weighted by molar-refractivity contribution is 5.90. The smallest absolute Gasteiger partial charge is 0.356 e. The van der Waals surface area contributed by atoms with E-state index in [2.05, 4.69) is 15.0 Å². The number of aromatic nitrogens is 2. The lowest BCUT2D eigenvalue weighted by Crippen LogP contribution is -2.09. The maximum atomic E-state index is 13.7. The van der Waals surface area contributed by atoms with Crippen molar-refractivity contribution in [3.8, 4) is 22.8 Å². The molecule has 0 aliphatic rings. The SMILES string of the molecule is NOC(=O)c1cccc(-c2noc(-c3ccccc3F)n2)c1. The molecule has 0 aliphatic heterocycles. The molecule has 22 heavy (non-hydrogen) atoms. The van der Waals surface area contributed by atoms with Crippen LogP contribution in [0.2, 0.25) is 0 Å². The number of hydrogen-bond donors (Lipinski definition) is 1. The van der Waals surface area contributed by atoms with E-state index in [9.17, 15) is 9.18 Å². The van der Waals surface area contributed by atoms with Gasteiger partial charge in [-0.3, -0.25) is 0 Å². The van der Waals surface area contributed by atoms with Gasteiger partial charge in [-0.15, -0.1) is 0 Å². The molecule has 7 heteroatoms. The van der Waals surface area contributed by atoms with Gasteiger partial charge in [0.05, 0.1) is 11.1 Å². The Labute approximate surface area is 124 Å². The van der Waals surface area contributed by atoms with E-state index in [1.165, 1.54) is 24.3 Å². The molecule has 0 aliphatic carbocycles. The number of carbonyl (C=O) groups excluding carboxylic acids is 1. The van der Waals surface area contributed by atoms with E-state index in [0.29, 0.717) is 5.56 Å². The topological polar surface area (TPSA) is 91.2 Å². The van der Waals surface area contributed by atoms with E-state index >= 15 is 0 Å². The predicted molar refractivity (Wildman–Crippen MR) is 74.7 cm³/mol. The van der Waals surface area contributed by atoms with Crippen molar-refractivity contribution < 1.29 is 18.5 Å². The van der Waals surface area contributed by atoms with Gasteiger partial charge in [0.25, 0.3) is 5.89 Å². The van der Waals surface area contributed by atoms with E-state index in [-0.39, 0.29) is 22.8 Å². The van der Waals surface area contributed by atoms with Crippen LogP contribution in [0.25, 0.3) is 22.8 Å². The second-order valence-corrected chi connectivity index (χ2v) is 4.39.